The van der Waals surface area contributed by atoms with Crippen LogP contribution < -0.4 is 0 Å². The summed E-state index contributed by atoms with van der Waals surface area (Å²) in [7, 11) is 0. The molecule has 1 aliphatic heterocycles. The molecule has 0 atom stereocenters. The molecule has 3 heterocycles. The Bertz CT molecular complexity index is 1690. The zero-order chi connectivity index (χ0) is 24.8. The van der Waals surface area contributed by atoms with E-state index in [1.807, 2.05) is 47.8 Å². The number of benzene rings is 3. The fourth-order valence-corrected chi connectivity index (χ4v) is 4.98. The summed E-state index contributed by atoms with van der Waals surface area (Å²) in [5.74, 6) is -1.30. The van der Waals surface area contributed by atoms with Gasteiger partial charge in [-0.2, -0.15) is 15.2 Å². The molecule has 0 radical (unpaired) electrons. The lowest BCUT2D eigenvalue weighted by Gasteiger charge is -2.22. The molecule has 0 bridgehead atoms. The van der Waals surface area contributed by atoms with Gasteiger partial charge in [0, 0.05) is 23.2 Å². The third kappa shape index (κ3) is 3.39. The fourth-order valence-electron chi connectivity index (χ4n) is 4.25. The number of nitrogens with zero attached hydrogens (tertiary/aromatic N) is 5. The van der Waals surface area contributed by atoms with E-state index >= 15 is 0 Å². The molecule has 0 spiro atoms. The molecular weight excluding hydrogens is 478 g/mol. The van der Waals surface area contributed by atoms with E-state index in [0.717, 1.165) is 15.6 Å². The van der Waals surface area contributed by atoms with Gasteiger partial charge in [0.15, 0.2) is 0 Å². The summed E-state index contributed by atoms with van der Waals surface area (Å²) < 4.78 is 1.71. The van der Waals surface area contributed by atoms with Gasteiger partial charge in [-0.25, -0.2) is 4.68 Å². The van der Waals surface area contributed by atoms with Gasteiger partial charge in [-0.1, -0.05) is 30.3 Å². The standard InChI is InChI=1S/C26H15N5O4S/c32-25-19-9-4-8-18-21(31(34)35)12-11-20(23(18)19)26(33)30(25)27-14-16-15-29(17-6-2-1-3-7-17)28-24(16)22-10-5-13-36-22/h1-15H. The predicted molar refractivity (Wildman–Crippen MR) is 136 cm³/mol. The first-order chi connectivity index (χ1) is 17.5. The molecule has 10 heteroatoms. The van der Waals surface area contributed by atoms with Gasteiger partial charge in [-0.3, -0.25) is 19.7 Å². The molecule has 0 fully saturated rings. The highest BCUT2D eigenvalue weighted by atomic mass is 32.1. The second-order valence-electron chi connectivity index (χ2n) is 7.97. The van der Waals surface area contributed by atoms with Crippen LogP contribution in [-0.4, -0.2) is 37.7 Å². The summed E-state index contributed by atoms with van der Waals surface area (Å²) in [5.41, 5.74) is 2.33. The van der Waals surface area contributed by atoms with Gasteiger partial charge < -0.3 is 0 Å². The summed E-state index contributed by atoms with van der Waals surface area (Å²) >= 11 is 1.51. The monoisotopic (exact) mass is 493 g/mol. The average molecular weight is 494 g/mol. The van der Waals surface area contributed by atoms with E-state index in [0.29, 0.717) is 11.3 Å². The van der Waals surface area contributed by atoms with Crippen LogP contribution >= 0.6 is 11.3 Å². The van der Waals surface area contributed by atoms with Crippen molar-refractivity contribution in [3.63, 3.8) is 0 Å². The van der Waals surface area contributed by atoms with Crippen molar-refractivity contribution < 1.29 is 14.5 Å². The molecule has 0 saturated heterocycles. The van der Waals surface area contributed by atoms with Crippen LogP contribution in [0.4, 0.5) is 5.69 Å². The number of non-ortho nitro benzene ring substituents is 1. The summed E-state index contributed by atoms with van der Waals surface area (Å²) in [5, 5.41) is 23.7. The molecule has 0 aliphatic carbocycles. The number of hydrazone groups is 1. The Labute approximate surface area is 207 Å². The third-order valence-electron chi connectivity index (χ3n) is 5.89. The fraction of sp³-hybridized carbons (Fsp3) is 0. The number of imide groups is 1. The van der Waals surface area contributed by atoms with E-state index in [-0.39, 0.29) is 27.6 Å². The Morgan fingerprint density at radius 2 is 1.69 bits per heavy atom. The molecule has 6 rings (SSSR count). The predicted octanol–water partition coefficient (Wildman–Crippen LogP) is 5.29. The van der Waals surface area contributed by atoms with Gasteiger partial charge in [0.05, 0.1) is 38.2 Å². The molecule has 1 aliphatic rings. The molecular formula is C26H15N5O4S. The zero-order valence-electron chi connectivity index (χ0n) is 18.4. The van der Waals surface area contributed by atoms with Gasteiger partial charge in [-0.15, -0.1) is 11.3 Å². The smallest absolute Gasteiger partial charge is 0.267 e. The Hall–Kier alpha value is -4.96. The summed E-state index contributed by atoms with van der Waals surface area (Å²) in [4.78, 5) is 38.4. The van der Waals surface area contributed by atoms with Crippen molar-refractivity contribution in [2.75, 3.05) is 0 Å². The molecule has 0 N–H and O–H groups in total. The molecule has 2 amide bonds. The first-order valence-corrected chi connectivity index (χ1v) is 11.7. The molecule has 0 saturated carbocycles. The second-order valence-corrected chi connectivity index (χ2v) is 8.92. The van der Waals surface area contributed by atoms with E-state index in [1.165, 1.54) is 41.8 Å². The maximum absolute atomic E-state index is 13.3. The number of hydrogen-bond acceptors (Lipinski definition) is 7. The lowest BCUT2D eigenvalue weighted by molar-refractivity contribution is -0.383. The van der Waals surface area contributed by atoms with Crippen LogP contribution in [0.25, 0.3) is 27.0 Å². The quantitative estimate of drug-likeness (QED) is 0.143. The highest BCUT2D eigenvalue weighted by Crippen LogP contribution is 2.35. The van der Waals surface area contributed by atoms with Crippen LogP contribution in [-0.2, 0) is 0 Å². The first kappa shape index (κ1) is 21.6. The maximum atomic E-state index is 13.3. The van der Waals surface area contributed by atoms with Crippen molar-refractivity contribution in [3.05, 3.63) is 111 Å². The second kappa shape index (κ2) is 8.36. The first-order valence-electron chi connectivity index (χ1n) is 10.8. The summed E-state index contributed by atoms with van der Waals surface area (Å²) in [6.45, 7) is 0. The number of hydrogen-bond donors (Lipinski definition) is 0. The molecule has 3 aromatic carbocycles. The Morgan fingerprint density at radius 3 is 2.42 bits per heavy atom. The van der Waals surface area contributed by atoms with E-state index in [4.69, 9.17) is 5.10 Å². The number of amides is 2. The number of nitro benzene ring substituents is 1. The minimum atomic E-state index is -0.650. The van der Waals surface area contributed by atoms with E-state index in [9.17, 15) is 19.7 Å². The van der Waals surface area contributed by atoms with Crippen molar-refractivity contribution in [2.45, 2.75) is 0 Å². The molecule has 36 heavy (non-hydrogen) atoms. The van der Waals surface area contributed by atoms with E-state index in [1.54, 1.807) is 16.9 Å². The maximum Gasteiger partial charge on any atom is 0.282 e. The largest absolute Gasteiger partial charge is 0.282 e. The van der Waals surface area contributed by atoms with Crippen molar-refractivity contribution in [1.29, 1.82) is 0 Å². The minimum absolute atomic E-state index is 0.165. The van der Waals surface area contributed by atoms with Crippen LogP contribution in [0.1, 0.15) is 26.3 Å². The lowest BCUT2D eigenvalue weighted by atomic mass is 9.94. The third-order valence-corrected chi connectivity index (χ3v) is 6.77. The van der Waals surface area contributed by atoms with Gasteiger partial charge in [0.25, 0.3) is 17.5 Å². The van der Waals surface area contributed by atoms with E-state index in [2.05, 4.69) is 5.10 Å². The number of carbonyl (C=O) groups is 2. The van der Waals surface area contributed by atoms with Gasteiger partial charge in [0.2, 0.25) is 0 Å². The SMILES string of the molecule is O=C1c2cccc3c([N+](=O)[O-])ccc(c23)C(=O)N1N=Cc1cn(-c2ccccc2)nc1-c1cccs1. The normalized spacial score (nSPS) is 13.2. The van der Waals surface area contributed by atoms with E-state index < -0.39 is 16.7 Å². The molecule has 174 valence electrons. The van der Waals surface area contributed by atoms with Crippen LogP contribution in [0, 0.1) is 10.1 Å². The zero-order valence-corrected chi connectivity index (χ0v) is 19.3. The van der Waals surface area contributed by atoms with Crippen molar-refractivity contribution in [2.24, 2.45) is 5.10 Å². The van der Waals surface area contributed by atoms with Crippen molar-refractivity contribution in [1.82, 2.24) is 14.8 Å². The lowest BCUT2D eigenvalue weighted by Crippen LogP contribution is -2.36. The Kier molecular flexibility index (Phi) is 5.01. The molecule has 0 unspecified atom stereocenters. The number of rotatable bonds is 5. The summed E-state index contributed by atoms with van der Waals surface area (Å²) in [6.07, 6.45) is 3.22. The topological polar surface area (TPSA) is 111 Å². The van der Waals surface area contributed by atoms with Crippen LogP contribution in [0.5, 0.6) is 0 Å². The number of aromatic nitrogens is 2. The Balaban J connectivity index is 1.43. The number of thiophene rings is 1. The highest BCUT2D eigenvalue weighted by molar-refractivity contribution is 7.13. The minimum Gasteiger partial charge on any atom is -0.267 e. The van der Waals surface area contributed by atoms with Crippen LogP contribution in [0.2, 0.25) is 0 Å². The van der Waals surface area contributed by atoms with Crippen molar-refractivity contribution in [3.8, 4) is 16.3 Å². The highest BCUT2D eigenvalue weighted by Gasteiger charge is 2.34. The van der Waals surface area contributed by atoms with Gasteiger partial charge in [0.1, 0.15) is 5.69 Å². The summed E-state index contributed by atoms with van der Waals surface area (Å²) in [6, 6.07) is 20.7. The average Bonchev–Trinajstić information content (AvgIpc) is 3.57. The molecule has 2 aromatic heterocycles. The molecule has 5 aromatic rings. The Morgan fingerprint density at radius 1 is 0.917 bits per heavy atom. The molecule has 9 nitrogen and oxygen atoms in total. The van der Waals surface area contributed by atoms with Crippen molar-refractivity contribution >= 4 is 45.8 Å². The number of nitro groups is 1. The van der Waals surface area contributed by atoms with Crippen LogP contribution in [0.3, 0.4) is 0 Å². The van der Waals surface area contributed by atoms with Gasteiger partial charge >= 0.3 is 0 Å². The number of carbonyl (C=O) groups excluding carboxylic acids is 2. The number of para-hydroxylation sites is 1. The van der Waals surface area contributed by atoms with Crippen LogP contribution in [0.15, 0.2) is 89.5 Å². The van der Waals surface area contributed by atoms with Gasteiger partial charge in [-0.05, 0) is 41.8 Å².